The second-order valence-corrected chi connectivity index (χ2v) is 5.73. The van der Waals surface area contributed by atoms with Crippen LogP contribution in [-0.2, 0) is 9.53 Å². The van der Waals surface area contributed by atoms with Gasteiger partial charge in [0, 0.05) is 13.1 Å². The van der Waals surface area contributed by atoms with Crippen LogP contribution in [0.25, 0.3) is 0 Å². The highest BCUT2D eigenvalue weighted by atomic mass is 35.5. The molecule has 1 fully saturated rings. The number of likely N-dealkylation sites (tertiary alicyclic amines) is 1. The van der Waals surface area contributed by atoms with Crippen LogP contribution in [0.4, 0.5) is 0 Å². The van der Waals surface area contributed by atoms with E-state index in [0.717, 1.165) is 18.4 Å². The molecular formula is C16H20ClNO3. The van der Waals surface area contributed by atoms with Gasteiger partial charge in [0.25, 0.3) is 5.91 Å². The van der Waals surface area contributed by atoms with Gasteiger partial charge in [-0.3, -0.25) is 9.59 Å². The normalized spacial score (nSPS) is 18.4. The van der Waals surface area contributed by atoms with E-state index in [9.17, 15) is 9.59 Å². The van der Waals surface area contributed by atoms with Crippen molar-refractivity contribution < 1.29 is 14.3 Å². The summed E-state index contributed by atoms with van der Waals surface area (Å²) in [7, 11) is 0. The summed E-state index contributed by atoms with van der Waals surface area (Å²) in [4.78, 5) is 26.1. The Morgan fingerprint density at radius 2 is 2.19 bits per heavy atom. The summed E-state index contributed by atoms with van der Waals surface area (Å²) in [5.74, 6) is -0.564. The fourth-order valence-corrected chi connectivity index (χ4v) is 2.89. The molecule has 0 aromatic heterocycles. The molecule has 114 valence electrons. The van der Waals surface area contributed by atoms with Crippen molar-refractivity contribution in [2.24, 2.45) is 5.92 Å². The van der Waals surface area contributed by atoms with Crippen LogP contribution < -0.4 is 0 Å². The third-order valence-corrected chi connectivity index (χ3v) is 4.00. The van der Waals surface area contributed by atoms with Gasteiger partial charge in [-0.1, -0.05) is 17.7 Å². The molecule has 0 bridgehead atoms. The van der Waals surface area contributed by atoms with E-state index in [0.29, 0.717) is 30.3 Å². The summed E-state index contributed by atoms with van der Waals surface area (Å²) in [6.07, 6.45) is 1.57. The Bertz CT molecular complexity index is 544. The first kappa shape index (κ1) is 15.8. The lowest BCUT2D eigenvalue weighted by molar-refractivity contribution is -0.149. The number of hydrogen-bond acceptors (Lipinski definition) is 3. The average Bonchev–Trinajstić information content (AvgIpc) is 2.47. The molecule has 5 heteroatoms. The minimum Gasteiger partial charge on any atom is -0.466 e. The van der Waals surface area contributed by atoms with Crippen LogP contribution in [0.1, 0.15) is 35.7 Å². The van der Waals surface area contributed by atoms with Gasteiger partial charge in [0.15, 0.2) is 0 Å². The highest BCUT2D eigenvalue weighted by molar-refractivity contribution is 6.33. The highest BCUT2D eigenvalue weighted by Crippen LogP contribution is 2.23. The molecule has 1 aliphatic rings. The van der Waals surface area contributed by atoms with E-state index in [4.69, 9.17) is 16.3 Å². The maximum Gasteiger partial charge on any atom is 0.310 e. The fraction of sp³-hybridized carbons (Fsp3) is 0.500. The smallest absolute Gasteiger partial charge is 0.310 e. The number of piperidine rings is 1. The van der Waals surface area contributed by atoms with Crippen LogP contribution in [0.5, 0.6) is 0 Å². The molecule has 1 heterocycles. The van der Waals surface area contributed by atoms with E-state index >= 15 is 0 Å². The number of nitrogens with zero attached hydrogens (tertiary/aromatic N) is 1. The van der Waals surface area contributed by atoms with Crippen molar-refractivity contribution in [3.05, 3.63) is 34.3 Å². The van der Waals surface area contributed by atoms with Crippen LogP contribution in [0.2, 0.25) is 5.02 Å². The van der Waals surface area contributed by atoms with Crippen LogP contribution >= 0.6 is 11.6 Å². The topological polar surface area (TPSA) is 46.6 Å². The summed E-state index contributed by atoms with van der Waals surface area (Å²) in [5, 5.41) is 0.457. The molecule has 4 nitrogen and oxygen atoms in total. The average molecular weight is 310 g/mol. The first-order valence-corrected chi connectivity index (χ1v) is 7.62. The van der Waals surface area contributed by atoms with Gasteiger partial charge in [-0.25, -0.2) is 0 Å². The molecule has 0 N–H and O–H groups in total. The van der Waals surface area contributed by atoms with Crippen molar-refractivity contribution in [2.75, 3.05) is 19.7 Å². The summed E-state index contributed by atoms with van der Waals surface area (Å²) < 4.78 is 5.05. The van der Waals surface area contributed by atoms with Crippen LogP contribution in [0.3, 0.4) is 0 Å². The van der Waals surface area contributed by atoms with Crippen molar-refractivity contribution in [3.8, 4) is 0 Å². The number of amides is 1. The minimum atomic E-state index is -0.230. The number of carbonyl (C=O) groups excluding carboxylic acids is 2. The van der Waals surface area contributed by atoms with Gasteiger partial charge in [-0.05, 0) is 44.4 Å². The van der Waals surface area contributed by atoms with E-state index in [1.54, 1.807) is 24.0 Å². The number of ether oxygens (including phenoxy) is 1. The quantitative estimate of drug-likeness (QED) is 0.806. The number of benzene rings is 1. The summed E-state index contributed by atoms with van der Waals surface area (Å²) in [5.41, 5.74) is 1.51. The van der Waals surface area contributed by atoms with Gasteiger partial charge >= 0.3 is 5.97 Å². The number of halogens is 1. The van der Waals surface area contributed by atoms with Gasteiger partial charge in [-0.15, -0.1) is 0 Å². The lowest BCUT2D eigenvalue weighted by Crippen LogP contribution is -2.42. The summed E-state index contributed by atoms with van der Waals surface area (Å²) in [6, 6.07) is 5.39. The van der Waals surface area contributed by atoms with E-state index in [2.05, 4.69) is 0 Å². The molecule has 1 amide bonds. The Kier molecular flexibility index (Phi) is 5.23. The molecule has 0 spiro atoms. The van der Waals surface area contributed by atoms with Gasteiger partial charge in [-0.2, -0.15) is 0 Å². The van der Waals surface area contributed by atoms with Crippen molar-refractivity contribution in [1.82, 2.24) is 4.90 Å². The summed E-state index contributed by atoms with van der Waals surface area (Å²) in [6.45, 7) is 5.14. The molecular weight excluding hydrogens is 290 g/mol. The molecule has 0 saturated carbocycles. The Balaban J connectivity index is 2.10. The molecule has 1 aromatic rings. The van der Waals surface area contributed by atoms with Crippen molar-refractivity contribution in [2.45, 2.75) is 26.7 Å². The molecule has 1 unspecified atom stereocenters. The Morgan fingerprint density at radius 3 is 2.86 bits per heavy atom. The minimum absolute atomic E-state index is 0.117. The van der Waals surface area contributed by atoms with Gasteiger partial charge in [0.05, 0.1) is 23.1 Å². The highest BCUT2D eigenvalue weighted by Gasteiger charge is 2.30. The second kappa shape index (κ2) is 6.94. The lowest BCUT2D eigenvalue weighted by atomic mass is 9.97. The third-order valence-electron chi connectivity index (χ3n) is 3.68. The zero-order valence-corrected chi connectivity index (χ0v) is 13.2. The van der Waals surface area contributed by atoms with Gasteiger partial charge in [0.2, 0.25) is 0 Å². The van der Waals surface area contributed by atoms with Crippen molar-refractivity contribution in [3.63, 3.8) is 0 Å². The molecule has 0 aliphatic carbocycles. The molecule has 1 aromatic carbocycles. The van der Waals surface area contributed by atoms with Gasteiger partial charge < -0.3 is 9.64 Å². The van der Waals surface area contributed by atoms with Crippen LogP contribution in [-0.4, -0.2) is 36.5 Å². The number of esters is 1. The number of carbonyl (C=O) groups is 2. The van der Waals surface area contributed by atoms with Crippen LogP contribution in [0.15, 0.2) is 18.2 Å². The maximum atomic E-state index is 12.5. The standard InChI is InChI=1S/C16H20ClNO3/c1-3-21-16(20)12-5-4-8-18(10-12)15(19)13-7-6-11(2)9-14(13)17/h6-7,9,12H,3-5,8,10H2,1-2H3. The number of aryl methyl sites for hydroxylation is 1. The molecule has 1 atom stereocenters. The van der Waals surface area contributed by atoms with E-state index in [1.807, 2.05) is 13.0 Å². The molecule has 21 heavy (non-hydrogen) atoms. The third kappa shape index (κ3) is 3.76. The fourth-order valence-electron chi connectivity index (χ4n) is 2.58. The summed E-state index contributed by atoms with van der Waals surface area (Å²) >= 11 is 6.15. The monoisotopic (exact) mass is 309 g/mol. The first-order valence-electron chi connectivity index (χ1n) is 7.25. The molecule has 0 radical (unpaired) electrons. The number of hydrogen-bond donors (Lipinski definition) is 0. The molecule has 2 rings (SSSR count). The van der Waals surface area contributed by atoms with Crippen molar-refractivity contribution in [1.29, 1.82) is 0 Å². The zero-order valence-electron chi connectivity index (χ0n) is 12.4. The maximum absolute atomic E-state index is 12.5. The zero-order chi connectivity index (χ0) is 15.4. The second-order valence-electron chi connectivity index (χ2n) is 5.33. The number of rotatable bonds is 3. The Morgan fingerprint density at radius 1 is 1.43 bits per heavy atom. The predicted molar refractivity (Wildman–Crippen MR) is 81.4 cm³/mol. The molecule has 1 aliphatic heterocycles. The van der Waals surface area contributed by atoms with E-state index in [-0.39, 0.29) is 17.8 Å². The largest absolute Gasteiger partial charge is 0.466 e. The lowest BCUT2D eigenvalue weighted by Gasteiger charge is -2.31. The van der Waals surface area contributed by atoms with Crippen LogP contribution in [0, 0.1) is 12.8 Å². The Hall–Kier alpha value is -1.55. The predicted octanol–water partition coefficient (Wildman–Crippen LogP) is 3.06. The molecule has 1 saturated heterocycles. The van der Waals surface area contributed by atoms with Gasteiger partial charge in [0.1, 0.15) is 0 Å². The Labute approximate surface area is 130 Å². The first-order chi connectivity index (χ1) is 10.0. The SMILES string of the molecule is CCOC(=O)C1CCCN(C(=O)c2ccc(C)cc2Cl)C1. The van der Waals surface area contributed by atoms with E-state index < -0.39 is 0 Å². The van der Waals surface area contributed by atoms with Crippen molar-refractivity contribution >= 4 is 23.5 Å². The van der Waals surface area contributed by atoms with E-state index in [1.165, 1.54) is 0 Å².